The first-order chi connectivity index (χ1) is 8.38. The number of halogens is 3. The van der Waals surface area contributed by atoms with Crippen molar-refractivity contribution in [3.8, 4) is 0 Å². The van der Waals surface area contributed by atoms with Crippen molar-refractivity contribution in [1.82, 2.24) is 4.57 Å². The molecule has 0 saturated heterocycles. The molecular formula is C11H8F3NO3. The van der Waals surface area contributed by atoms with Gasteiger partial charge in [0.2, 0.25) is 0 Å². The van der Waals surface area contributed by atoms with Gasteiger partial charge in [-0.25, -0.2) is 4.79 Å². The van der Waals surface area contributed by atoms with E-state index in [1.165, 1.54) is 12.5 Å². The zero-order valence-electron chi connectivity index (χ0n) is 8.94. The first-order valence-corrected chi connectivity index (χ1v) is 4.89. The fraction of sp³-hybridized carbons (Fsp3) is 0.182. The summed E-state index contributed by atoms with van der Waals surface area (Å²) in [7, 11) is 0. The zero-order chi connectivity index (χ0) is 13.3. The molecule has 0 aliphatic carbocycles. The molecule has 0 bridgehead atoms. The molecule has 0 amide bonds. The lowest BCUT2D eigenvalue weighted by atomic mass is 10.2. The highest BCUT2D eigenvalue weighted by Gasteiger charge is 2.36. The highest BCUT2D eigenvalue weighted by Crippen LogP contribution is 2.32. The maximum atomic E-state index is 12.6. The standard InChI is InChI=1S/C11H8F3NO3/c12-11(13,14)9-5-15(4-8(9)10(16)17)3-7-1-2-18-6-7/h1-2,4-6H,3H2,(H,16,17). The van der Waals surface area contributed by atoms with Crippen molar-refractivity contribution in [2.24, 2.45) is 0 Å². The van der Waals surface area contributed by atoms with E-state index in [1.807, 2.05) is 0 Å². The molecule has 96 valence electrons. The van der Waals surface area contributed by atoms with Crippen LogP contribution in [0.4, 0.5) is 13.2 Å². The Morgan fingerprint density at radius 2 is 2.11 bits per heavy atom. The molecule has 18 heavy (non-hydrogen) atoms. The molecule has 0 aliphatic rings. The van der Waals surface area contributed by atoms with E-state index in [1.54, 1.807) is 6.07 Å². The van der Waals surface area contributed by atoms with Gasteiger partial charge in [-0.05, 0) is 6.07 Å². The average molecular weight is 259 g/mol. The number of carbonyl (C=O) groups is 1. The third-order valence-electron chi connectivity index (χ3n) is 2.36. The van der Waals surface area contributed by atoms with Crippen LogP contribution >= 0.6 is 0 Å². The fourth-order valence-electron chi connectivity index (χ4n) is 1.59. The second-order valence-corrected chi connectivity index (χ2v) is 3.69. The maximum absolute atomic E-state index is 12.6. The highest BCUT2D eigenvalue weighted by atomic mass is 19.4. The van der Waals surface area contributed by atoms with E-state index in [2.05, 4.69) is 0 Å². The van der Waals surface area contributed by atoms with E-state index in [4.69, 9.17) is 9.52 Å². The lowest BCUT2D eigenvalue weighted by Crippen LogP contribution is -2.09. The number of rotatable bonds is 3. The minimum absolute atomic E-state index is 0.118. The Labute approximate surface area is 99.2 Å². The SMILES string of the molecule is O=C(O)c1cn(Cc2ccoc2)cc1C(F)(F)F. The third-order valence-corrected chi connectivity index (χ3v) is 2.36. The van der Waals surface area contributed by atoms with E-state index in [0.717, 1.165) is 17.0 Å². The number of hydrogen-bond acceptors (Lipinski definition) is 2. The normalized spacial score (nSPS) is 11.7. The molecule has 0 aliphatic heterocycles. The summed E-state index contributed by atoms with van der Waals surface area (Å²) in [6, 6.07) is 1.59. The van der Waals surface area contributed by atoms with Crippen LogP contribution in [-0.4, -0.2) is 15.6 Å². The Bertz CT molecular complexity index is 555. The molecule has 1 N–H and O–H groups in total. The Morgan fingerprint density at radius 1 is 1.39 bits per heavy atom. The average Bonchev–Trinajstić information content (AvgIpc) is 2.85. The van der Waals surface area contributed by atoms with Crippen molar-refractivity contribution in [1.29, 1.82) is 0 Å². The van der Waals surface area contributed by atoms with Gasteiger partial charge in [0.1, 0.15) is 0 Å². The third kappa shape index (κ3) is 2.39. The van der Waals surface area contributed by atoms with E-state index in [9.17, 15) is 18.0 Å². The van der Waals surface area contributed by atoms with Gasteiger partial charge < -0.3 is 14.1 Å². The Kier molecular flexibility index (Phi) is 2.90. The van der Waals surface area contributed by atoms with Gasteiger partial charge in [0.15, 0.2) is 0 Å². The summed E-state index contributed by atoms with van der Waals surface area (Å²) in [5.74, 6) is -1.60. The molecule has 4 nitrogen and oxygen atoms in total. The summed E-state index contributed by atoms with van der Waals surface area (Å²) in [5.41, 5.74) is -1.26. The summed E-state index contributed by atoms with van der Waals surface area (Å²) in [5, 5.41) is 8.74. The van der Waals surface area contributed by atoms with Crippen molar-refractivity contribution in [2.45, 2.75) is 12.7 Å². The number of carboxylic acids is 1. The van der Waals surface area contributed by atoms with Crippen LogP contribution in [0.25, 0.3) is 0 Å². The van der Waals surface area contributed by atoms with Gasteiger partial charge in [-0.3, -0.25) is 0 Å². The molecule has 2 aromatic rings. The summed E-state index contributed by atoms with van der Waals surface area (Å²) in [4.78, 5) is 10.8. The Hall–Kier alpha value is -2.18. The van der Waals surface area contributed by atoms with Crippen LogP contribution < -0.4 is 0 Å². The highest BCUT2D eigenvalue weighted by molar-refractivity contribution is 5.89. The first kappa shape index (κ1) is 12.3. The number of furan rings is 1. The predicted molar refractivity (Wildman–Crippen MR) is 54.2 cm³/mol. The van der Waals surface area contributed by atoms with Crippen LogP contribution in [0.3, 0.4) is 0 Å². The minimum atomic E-state index is -4.69. The number of nitrogens with zero attached hydrogens (tertiary/aromatic N) is 1. The number of aromatic nitrogens is 1. The molecule has 0 radical (unpaired) electrons. The van der Waals surface area contributed by atoms with Gasteiger partial charge >= 0.3 is 12.1 Å². The summed E-state index contributed by atoms with van der Waals surface area (Å²) < 4.78 is 43.8. The largest absolute Gasteiger partial charge is 0.478 e. The molecule has 7 heteroatoms. The maximum Gasteiger partial charge on any atom is 0.418 e. The van der Waals surface area contributed by atoms with Crippen LogP contribution in [0.5, 0.6) is 0 Å². The molecule has 0 fully saturated rings. The lowest BCUT2D eigenvalue weighted by molar-refractivity contribution is -0.138. The van der Waals surface area contributed by atoms with Crippen LogP contribution in [0.2, 0.25) is 0 Å². The van der Waals surface area contributed by atoms with Crippen molar-refractivity contribution < 1.29 is 27.5 Å². The summed E-state index contributed by atoms with van der Waals surface area (Å²) in [6.45, 7) is 0.118. The predicted octanol–water partition coefficient (Wildman–Crippen LogP) is 2.85. The van der Waals surface area contributed by atoms with E-state index >= 15 is 0 Å². The molecule has 0 spiro atoms. The van der Waals surface area contributed by atoms with Crippen LogP contribution in [0.15, 0.2) is 35.4 Å². The summed E-state index contributed by atoms with van der Waals surface area (Å²) >= 11 is 0. The molecule has 0 saturated carbocycles. The number of aromatic carboxylic acids is 1. The van der Waals surface area contributed by atoms with Crippen LogP contribution in [0, 0.1) is 0 Å². The van der Waals surface area contributed by atoms with Crippen molar-refractivity contribution in [3.63, 3.8) is 0 Å². The van der Waals surface area contributed by atoms with Gasteiger partial charge in [-0.1, -0.05) is 0 Å². The monoisotopic (exact) mass is 259 g/mol. The summed E-state index contributed by atoms with van der Waals surface area (Å²) in [6.07, 6.45) is -0.181. The van der Waals surface area contributed by atoms with Gasteiger partial charge in [0, 0.05) is 18.0 Å². The van der Waals surface area contributed by atoms with Gasteiger partial charge in [-0.15, -0.1) is 0 Å². The number of alkyl halides is 3. The molecule has 2 rings (SSSR count). The lowest BCUT2D eigenvalue weighted by Gasteiger charge is -2.04. The molecule has 0 aromatic carbocycles. The number of carboxylic acid groups (broad SMARTS) is 1. The number of hydrogen-bond donors (Lipinski definition) is 1. The second-order valence-electron chi connectivity index (χ2n) is 3.69. The Balaban J connectivity index is 2.37. The van der Waals surface area contributed by atoms with Crippen LogP contribution in [-0.2, 0) is 12.7 Å². The van der Waals surface area contributed by atoms with E-state index < -0.39 is 23.3 Å². The smallest absolute Gasteiger partial charge is 0.418 e. The van der Waals surface area contributed by atoms with E-state index in [-0.39, 0.29) is 6.54 Å². The van der Waals surface area contributed by atoms with Crippen molar-refractivity contribution >= 4 is 5.97 Å². The zero-order valence-corrected chi connectivity index (χ0v) is 8.94. The van der Waals surface area contributed by atoms with Gasteiger partial charge in [0.05, 0.1) is 30.2 Å². The molecule has 0 atom stereocenters. The van der Waals surface area contributed by atoms with Gasteiger partial charge in [-0.2, -0.15) is 13.2 Å². The Morgan fingerprint density at radius 3 is 2.56 bits per heavy atom. The molecule has 2 aromatic heterocycles. The molecule has 2 heterocycles. The van der Waals surface area contributed by atoms with Crippen molar-refractivity contribution in [2.75, 3.05) is 0 Å². The van der Waals surface area contributed by atoms with Crippen LogP contribution in [0.1, 0.15) is 21.5 Å². The molecule has 0 unspecified atom stereocenters. The van der Waals surface area contributed by atoms with E-state index in [0.29, 0.717) is 5.56 Å². The van der Waals surface area contributed by atoms with Gasteiger partial charge in [0.25, 0.3) is 0 Å². The quantitative estimate of drug-likeness (QED) is 0.922. The second kappa shape index (κ2) is 4.25. The first-order valence-electron chi connectivity index (χ1n) is 4.89. The fourth-order valence-corrected chi connectivity index (χ4v) is 1.59. The topological polar surface area (TPSA) is 55.4 Å². The van der Waals surface area contributed by atoms with Crippen molar-refractivity contribution in [3.05, 3.63) is 47.7 Å². The molecular weight excluding hydrogens is 251 g/mol. The minimum Gasteiger partial charge on any atom is -0.478 e.